The van der Waals surface area contributed by atoms with Crippen LogP contribution in [0.15, 0.2) is 24.3 Å². The molecule has 6 N–H and O–H groups in total. The van der Waals surface area contributed by atoms with Crippen LogP contribution in [0.25, 0.3) is 0 Å². The molecule has 0 aromatic heterocycles. The lowest BCUT2D eigenvalue weighted by Crippen LogP contribution is -2.46. The number of allylic oxidation sites excluding steroid dienone is 3. The second kappa shape index (κ2) is 36.3. The number of aliphatic hydroxyl groups excluding tert-OH is 2. The smallest absolute Gasteiger partial charge is 0.393 e. The van der Waals surface area contributed by atoms with E-state index < -0.39 is 38.6 Å². The maximum atomic E-state index is 12.8. The number of aliphatic hydroxyl groups is 2. The molecule has 50 heavy (non-hydrogen) atoms. The molecule has 1 amide bonds. The van der Waals surface area contributed by atoms with Crippen LogP contribution >= 0.6 is 7.82 Å². The average Bonchev–Trinajstić information content (AvgIpc) is 3.09. The Hall–Kier alpha value is -1.06. The van der Waals surface area contributed by atoms with E-state index in [-0.39, 0.29) is 19.6 Å². The molecule has 0 aliphatic heterocycles. The standard InChI is InChI=1S/C40H79N2O7P/c1-3-5-7-9-11-13-15-17-18-19-20-22-24-26-28-30-32-39(44)38(36-49-50(46,47)48-34-33-41)42-40(45)35-37(43)31-29-27-25-23-21-16-14-12-10-8-6-4-2/h22,24,30,32,37-39,43-44H,3-21,23,25-29,31,33-36,41H2,1-2H3,(H,42,45)(H,46,47)/b24-22+,32-30+. The van der Waals surface area contributed by atoms with E-state index in [4.69, 9.17) is 14.8 Å². The van der Waals surface area contributed by atoms with Gasteiger partial charge in [0.25, 0.3) is 0 Å². The molecule has 0 fully saturated rings. The molecule has 0 aliphatic carbocycles. The maximum Gasteiger partial charge on any atom is 0.472 e. The molecule has 4 atom stereocenters. The largest absolute Gasteiger partial charge is 0.472 e. The van der Waals surface area contributed by atoms with E-state index in [0.29, 0.717) is 12.8 Å². The molecular weight excluding hydrogens is 651 g/mol. The number of nitrogens with two attached hydrogens (primary N) is 1. The minimum absolute atomic E-state index is 0.0459. The van der Waals surface area contributed by atoms with Crippen molar-refractivity contribution in [2.45, 2.75) is 205 Å². The van der Waals surface area contributed by atoms with Gasteiger partial charge in [-0.25, -0.2) is 4.57 Å². The summed E-state index contributed by atoms with van der Waals surface area (Å²) in [6.07, 6.45) is 36.9. The predicted molar refractivity (Wildman–Crippen MR) is 209 cm³/mol. The lowest BCUT2D eigenvalue weighted by Gasteiger charge is -2.24. The van der Waals surface area contributed by atoms with Crippen molar-refractivity contribution in [3.8, 4) is 0 Å². The molecule has 9 nitrogen and oxygen atoms in total. The molecule has 0 aliphatic rings. The fourth-order valence-corrected chi connectivity index (χ4v) is 6.72. The lowest BCUT2D eigenvalue weighted by atomic mass is 10.0. The summed E-state index contributed by atoms with van der Waals surface area (Å²) in [5.41, 5.74) is 5.35. The molecule has 296 valence electrons. The second-order valence-corrected chi connectivity index (χ2v) is 15.5. The third-order valence-corrected chi connectivity index (χ3v) is 10.1. The first kappa shape index (κ1) is 48.9. The van der Waals surface area contributed by atoms with Gasteiger partial charge in [0.15, 0.2) is 0 Å². The number of carbonyl (C=O) groups excluding carboxylic acids is 1. The van der Waals surface area contributed by atoms with Crippen molar-refractivity contribution in [1.29, 1.82) is 0 Å². The van der Waals surface area contributed by atoms with Gasteiger partial charge in [-0.05, 0) is 32.1 Å². The van der Waals surface area contributed by atoms with Crippen LogP contribution in [-0.2, 0) is 18.4 Å². The molecular formula is C40H79N2O7P. The van der Waals surface area contributed by atoms with Gasteiger partial charge < -0.3 is 26.2 Å². The highest BCUT2D eigenvalue weighted by Gasteiger charge is 2.27. The van der Waals surface area contributed by atoms with E-state index in [0.717, 1.165) is 32.1 Å². The van der Waals surface area contributed by atoms with Gasteiger partial charge in [0, 0.05) is 6.54 Å². The Morgan fingerprint density at radius 3 is 1.66 bits per heavy atom. The van der Waals surface area contributed by atoms with Gasteiger partial charge in [-0.1, -0.05) is 173 Å². The molecule has 0 radical (unpaired) electrons. The van der Waals surface area contributed by atoms with Crippen LogP contribution in [0.4, 0.5) is 0 Å². The average molecular weight is 731 g/mol. The number of hydrogen-bond acceptors (Lipinski definition) is 7. The molecule has 4 unspecified atom stereocenters. The SMILES string of the molecule is CCCCCCCCCCCC/C=C/CC/C=C/C(O)C(COP(=O)(O)OCCN)NC(=O)CC(O)CCCCCCCCCCCCCC. The summed E-state index contributed by atoms with van der Waals surface area (Å²) in [4.78, 5) is 22.7. The van der Waals surface area contributed by atoms with Gasteiger partial charge in [0.2, 0.25) is 5.91 Å². The quantitative estimate of drug-likeness (QED) is 0.0239. The Kier molecular flexibility index (Phi) is 35.5. The first-order valence-electron chi connectivity index (χ1n) is 20.5. The van der Waals surface area contributed by atoms with Crippen molar-refractivity contribution in [3.05, 3.63) is 24.3 Å². The molecule has 10 heteroatoms. The van der Waals surface area contributed by atoms with E-state index in [1.807, 2.05) is 6.08 Å². The number of amides is 1. The molecule has 0 heterocycles. The minimum Gasteiger partial charge on any atom is -0.393 e. The van der Waals surface area contributed by atoms with Gasteiger partial charge in [-0.3, -0.25) is 13.8 Å². The number of phosphoric acid groups is 1. The van der Waals surface area contributed by atoms with Gasteiger partial charge in [-0.2, -0.15) is 0 Å². The molecule has 0 rings (SSSR count). The Balaban J connectivity index is 4.43. The van der Waals surface area contributed by atoms with E-state index in [9.17, 15) is 24.5 Å². The lowest BCUT2D eigenvalue weighted by molar-refractivity contribution is -0.124. The van der Waals surface area contributed by atoms with Crippen molar-refractivity contribution in [2.75, 3.05) is 19.8 Å². The van der Waals surface area contributed by atoms with Crippen LogP contribution in [0, 0.1) is 0 Å². The van der Waals surface area contributed by atoms with Crippen molar-refractivity contribution in [2.24, 2.45) is 5.73 Å². The summed E-state index contributed by atoms with van der Waals surface area (Å²) in [6.45, 7) is 3.94. The fraction of sp³-hybridized carbons (Fsp3) is 0.875. The molecule has 0 aromatic carbocycles. The monoisotopic (exact) mass is 731 g/mol. The summed E-state index contributed by atoms with van der Waals surface area (Å²) < 4.78 is 22.0. The first-order chi connectivity index (χ1) is 24.3. The summed E-state index contributed by atoms with van der Waals surface area (Å²) in [7, 11) is -4.40. The first-order valence-corrected chi connectivity index (χ1v) is 22.0. The van der Waals surface area contributed by atoms with Crippen LogP contribution in [0.5, 0.6) is 0 Å². The second-order valence-electron chi connectivity index (χ2n) is 14.0. The molecule has 0 bridgehead atoms. The van der Waals surface area contributed by atoms with E-state index >= 15 is 0 Å². The Morgan fingerprint density at radius 2 is 1.14 bits per heavy atom. The molecule has 0 saturated carbocycles. The highest BCUT2D eigenvalue weighted by molar-refractivity contribution is 7.47. The minimum atomic E-state index is -4.40. The van der Waals surface area contributed by atoms with Crippen molar-refractivity contribution >= 4 is 13.7 Å². The molecule has 0 saturated heterocycles. The van der Waals surface area contributed by atoms with E-state index in [2.05, 4.69) is 31.3 Å². The van der Waals surface area contributed by atoms with Gasteiger partial charge in [-0.15, -0.1) is 0 Å². The fourth-order valence-electron chi connectivity index (χ4n) is 5.96. The van der Waals surface area contributed by atoms with Crippen LogP contribution in [0.3, 0.4) is 0 Å². The van der Waals surface area contributed by atoms with Crippen LogP contribution in [0.2, 0.25) is 0 Å². The highest BCUT2D eigenvalue weighted by Crippen LogP contribution is 2.43. The number of phosphoric ester groups is 1. The molecule has 0 spiro atoms. The Bertz CT molecular complexity index is 858. The zero-order chi connectivity index (χ0) is 37.0. The zero-order valence-corrected chi connectivity index (χ0v) is 33.1. The van der Waals surface area contributed by atoms with Gasteiger partial charge in [0.1, 0.15) is 0 Å². The number of unbranched alkanes of at least 4 members (excludes halogenated alkanes) is 22. The summed E-state index contributed by atoms with van der Waals surface area (Å²) >= 11 is 0. The van der Waals surface area contributed by atoms with Crippen molar-refractivity contribution < 1.29 is 33.5 Å². The summed E-state index contributed by atoms with van der Waals surface area (Å²) in [6, 6.07) is -0.994. The zero-order valence-electron chi connectivity index (χ0n) is 32.3. The van der Waals surface area contributed by atoms with Crippen molar-refractivity contribution in [1.82, 2.24) is 5.32 Å². The number of carbonyl (C=O) groups is 1. The van der Waals surface area contributed by atoms with Gasteiger partial charge >= 0.3 is 7.82 Å². The number of hydrogen-bond donors (Lipinski definition) is 5. The molecule has 0 aromatic rings. The Morgan fingerprint density at radius 1 is 0.680 bits per heavy atom. The van der Waals surface area contributed by atoms with Crippen LogP contribution in [0.1, 0.15) is 187 Å². The maximum absolute atomic E-state index is 12.8. The number of rotatable bonds is 38. The topological polar surface area (TPSA) is 151 Å². The normalized spacial score (nSPS) is 15.1. The van der Waals surface area contributed by atoms with Crippen LogP contribution < -0.4 is 11.1 Å². The highest BCUT2D eigenvalue weighted by atomic mass is 31.2. The Labute approximate surface area is 307 Å². The van der Waals surface area contributed by atoms with E-state index in [1.165, 1.54) is 122 Å². The predicted octanol–water partition coefficient (Wildman–Crippen LogP) is 9.97. The van der Waals surface area contributed by atoms with Crippen molar-refractivity contribution in [3.63, 3.8) is 0 Å². The van der Waals surface area contributed by atoms with Gasteiger partial charge in [0.05, 0.1) is 37.9 Å². The number of nitrogens with one attached hydrogen (secondary N) is 1. The third-order valence-electron chi connectivity index (χ3n) is 9.08. The van der Waals surface area contributed by atoms with Crippen LogP contribution in [-0.4, -0.2) is 59.0 Å². The van der Waals surface area contributed by atoms with E-state index in [1.54, 1.807) is 6.08 Å². The summed E-state index contributed by atoms with van der Waals surface area (Å²) in [5.74, 6) is -0.456. The summed E-state index contributed by atoms with van der Waals surface area (Å²) in [5, 5.41) is 23.9. The third kappa shape index (κ3) is 34.0.